The zero-order valence-electron chi connectivity index (χ0n) is 14.0. The fourth-order valence-electron chi connectivity index (χ4n) is 2.39. The summed E-state index contributed by atoms with van der Waals surface area (Å²) in [7, 11) is 0. The Labute approximate surface area is 136 Å². The van der Waals surface area contributed by atoms with Crippen molar-refractivity contribution in [2.45, 2.75) is 52.0 Å². The van der Waals surface area contributed by atoms with E-state index in [9.17, 15) is 4.79 Å². The van der Waals surface area contributed by atoms with Gasteiger partial charge in [-0.1, -0.05) is 32.9 Å². The van der Waals surface area contributed by atoms with Gasteiger partial charge in [-0.05, 0) is 26.0 Å². The van der Waals surface area contributed by atoms with Crippen LogP contribution < -0.4 is 5.32 Å². The third kappa shape index (κ3) is 4.03. The smallest absolute Gasteiger partial charge is 0.230 e. The molecular weight excluding hydrogens is 294 g/mol. The van der Waals surface area contributed by atoms with Crippen molar-refractivity contribution in [2.75, 3.05) is 5.75 Å². The molecule has 1 aromatic carbocycles. The van der Waals surface area contributed by atoms with Crippen LogP contribution in [0.25, 0.3) is 11.0 Å². The highest BCUT2D eigenvalue weighted by atomic mass is 32.2. The van der Waals surface area contributed by atoms with Crippen molar-refractivity contribution >= 4 is 28.7 Å². The number of nitrogens with zero attached hydrogens (tertiary/aromatic N) is 2. The van der Waals surface area contributed by atoms with Crippen molar-refractivity contribution in [1.29, 1.82) is 0 Å². The molecule has 4 nitrogen and oxygen atoms in total. The van der Waals surface area contributed by atoms with Crippen molar-refractivity contribution in [3.05, 3.63) is 30.1 Å². The van der Waals surface area contributed by atoms with Gasteiger partial charge in [0, 0.05) is 11.3 Å². The molecule has 0 aliphatic carbocycles. The summed E-state index contributed by atoms with van der Waals surface area (Å²) in [5.41, 5.74) is 2.09. The highest BCUT2D eigenvalue weighted by Crippen LogP contribution is 2.24. The van der Waals surface area contributed by atoms with Gasteiger partial charge in [0.25, 0.3) is 0 Å². The van der Waals surface area contributed by atoms with Crippen molar-refractivity contribution in [1.82, 2.24) is 14.9 Å². The molecule has 0 bridgehead atoms. The van der Waals surface area contributed by atoms with Gasteiger partial charge in [0.1, 0.15) is 5.82 Å². The van der Waals surface area contributed by atoms with Crippen LogP contribution in [-0.2, 0) is 11.3 Å². The van der Waals surface area contributed by atoms with E-state index in [1.54, 1.807) is 11.8 Å². The molecule has 1 aromatic heterocycles. The third-order valence-corrected chi connectivity index (χ3v) is 4.67. The predicted octanol–water partition coefficient (Wildman–Crippen LogP) is 3.77. The van der Waals surface area contributed by atoms with Gasteiger partial charge >= 0.3 is 0 Å². The fourth-order valence-corrected chi connectivity index (χ4v) is 3.03. The first kappa shape index (κ1) is 16.9. The van der Waals surface area contributed by atoms with Crippen molar-refractivity contribution in [3.63, 3.8) is 0 Å². The minimum absolute atomic E-state index is 0.0575. The Bertz CT molecular complexity index is 657. The maximum atomic E-state index is 12.1. The molecule has 0 fully saturated rings. The van der Waals surface area contributed by atoms with Crippen LogP contribution in [0.4, 0.5) is 0 Å². The number of amides is 1. The Morgan fingerprint density at radius 1 is 1.36 bits per heavy atom. The molecule has 0 radical (unpaired) electrons. The number of fused-ring (bicyclic) bond motifs is 1. The minimum Gasteiger partial charge on any atom is -0.346 e. The lowest BCUT2D eigenvalue weighted by atomic mass is 10.3. The summed E-state index contributed by atoms with van der Waals surface area (Å²) < 4.78 is 2.26. The lowest BCUT2D eigenvalue weighted by Gasteiger charge is -2.19. The maximum absolute atomic E-state index is 12.1. The maximum Gasteiger partial charge on any atom is 0.230 e. The van der Waals surface area contributed by atoms with Gasteiger partial charge in [0.15, 0.2) is 0 Å². The summed E-state index contributed by atoms with van der Waals surface area (Å²) in [5.74, 6) is 1.44. The standard InChI is InChI=1S/C17H25N3OS/c1-6-20-14-10-8-7-9-13(14)19-16(20)12(2)18-15(21)11-22-17(3,4)5/h7-10,12H,6,11H2,1-5H3,(H,18,21). The predicted molar refractivity (Wildman–Crippen MR) is 94.2 cm³/mol. The largest absolute Gasteiger partial charge is 0.346 e. The van der Waals surface area contributed by atoms with E-state index < -0.39 is 0 Å². The van der Waals surface area contributed by atoms with Crippen LogP contribution >= 0.6 is 11.8 Å². The number of para-hydroxylation sites is 2. The molecule has 5 heteroatoms. The molecule has 0 aliphatic rings. The van der Waals surface area contributed by atoms with E-state index in [-0.39, 0.29) is 16.7 Å². The van der Waals surface area contributed by atoms with Crippen LogP contribution in [0.1, 0.15) is 46.5 Å². The monoisotopic (exact) mass is 319 g/mol. The molecule has 1 atom stereocenters. The molecular formula is C17H25N3OS. The first-order valence-corrected chi connectivity index (χ1v) is 8.69. The second-order valence-corrected chi connectivity index (χ2v) is 8.20. The number of nitrogens with one attached hydrogen (secondary N) is 1. The van der Waals surface area contributed by atoms with Crippen LogP contribution in [0.2, 0.25) is 0 Å². The number of aryl methyl sites for hydroxylation is 1. The first-order valence-electron chi connectivity index (χ1n) is 7.70. The van der Waals surface area contributed by atoms with Crippen LogP contribution in [0.5, 0.6) is 0 Å². The number of hydrogen-bond acceptors (Lipinski definition) is 3. The van der Waals surface area contributed by atoms with Crippen LogP contribution in [0.3, 0.4) is 0 Å². The molecule has 2 rings (SSSR count). The first-order chi connectivity index (χ1) is 10.3. The molecule has 1 N–H and O–H groups in total. The van der Waals surface area contributed by atoms with E-state index in [0.717, 1.165) is 23.4 Å². The number of imidazole rings is 1. The van der Waals surface area contributed by atoms with Crippen LogP contribution in [-0.4, -0.2) is 26.0 Å². The number of aromatic nitrogens is 2. The molecule has 0 aliphatic heterocycles. The number of thioether (sulfide) groups is 1. The van der Waals surface area contributed by atoms with E-state index in [1.807, 2.05) is 25.1 Å². The van der Waals surface area contributed by atoms with E-state index in [0.29, 0.717) is 5.75 Å². The van der Waals surface area contributed by atoms with Gasteiger partial charge in [-0.15, -0.1) is 11.8 Å². The molecule has 0 saturated heterocycles. The van der Waals surface area contributed by atoms with Crippen LogP contribution in [0.15, 0.2) is 24.3 Å². The van der Waals surface area contributed by atoms with Gasteiger partial charge in [-0.25, -0.2) is 4.98 Å². The van der Waals surface area contributed by atoms with E-state index in [1.165, 1.54) is 0 Å². The lowest BCUT2D eigenvalue weighted by molar-refractivity contribution is -0.119. The summed E-state index contributed by atoms with van der Waals surface area (Å²) in [6.07, 6.45) is 0. The van der Waals surface area contributed by atoms with E-state index in [4.69, 9.17) is 0 Å². The molecule has 1 unspecified atom stereocenters. The van der Waals surface area contributed by atoms with Gasteiger partial charge in [0.2, 0.25) is 5.91 Å². The second-order valence-electron chi connectivity index (χ2n) is 6.39. The third-order valence-electron chi connectivity index (χ3n) is 3.40. The number of rotatable bonds is 5. The van der Waals surface area contributed by atoms with Crippen LogP contribution in [0, 0.1) is 0 Å². The molecule has 0 spiro atoms. The average molecular weight is 319 g/mol. The van der Waals surface area contributed by atoms with Crippen molar-refractivity contribution in [2.24, 2.45) is 0 Å². The fraction of sp³-hybridized carbons (Fsp3) is 0.529. The number of hydrogen-bond donors (Lipinski definition) is 1. The van der Waals surface area contributed by atoms with Crippen molar-refractivity contribution in [3.8, 4) is 0 Å². The van der Waals surface area contributed by atoms with Gasteiger partial charge in [-0.3, -0.25) is 4.79 Å². The highest BCUT2D eigenvalue weighted by molar-refractivity contribution is 8.01. The normalized spacial score (nSPS) is 13.3. The van der Waals surface area contributed by atoms with Gasteiger partial charge < -0.3 is 9.88 Å². The van der Waals surface area contributed by atoms with E-state index >= 15 is 0 Å². The summed E-state index contributed by atoms with van der Waals surface area (Å²) in [6, 6.07) is 7.99. The lowest BCUT2D eigenvalue weighted by Crippen LogP contribution is -2.31. The zero-order valence-corrected chi connectivity index (χ0v) is 14.8. The molecule has 0 saturated carbocycles. The summed E-state index contributed by atoms with van der Waals surface area (Å²) in [6.45, 7) is 11.3. The Kier molecular flexibility index (Phi) is 5.16. The minimum atomic E-state index is -0.0968. The second kappa shape index (κ2) is 6.73. The Morgan fingerprint density at radius 2 is 2.05 bits per heavy atom. The molecule has 1 amide bonds. The van der Waals surface area contributed by atoms with Crippen molar-refractivity contribution < 1.29 is 4.79 Å². The summed E-state index contributed by atoms with van der Waals surface area (Å²) in [5, 5.41) is 3.06. The molecule has 22 heavy (non-hydrogen) atoms. The Hall–Kier alpha value is -1.49. The number of carbonyl (C=O) groups is 1. The number of benzene rings is 1. The Morgan fingerprint density at radius 3 is 2.68 bits per heavy atom. The zero-order chi connectivity index (χ0) is 16.3. The topological polar surface area (TPSA) is 46.9 Å². The summed E-state index contributed by atoms with van der Waals surface area (Å²) in [4.78, 5) is 16.8. The highest BCUT2D eigenvalue weighted by Gasteiger charge is 2.19. The molecule has 120 valence electrons. The average Bonchev–Trinajstić information content (AvgIpc) is 2.83. The van der Waals surface area contributed by atoms with Gasteiger partial charge in [0.05, 0.1) is 22.8 Å². The SMILES string of the molecule is CCn1c(C(C)NC(=O)CSC(C)(C)C)nc2ccccc21. The quantitative estimate of drug-likeness (QED) is 0.912. The Balaban J connectivity index is 2.12. The number of carbonyl (C=O) groups excluding carboxylic acids is 1. The summed E-state index contributed by atoms with van der Waals surface area (Å²) >= 11 is 1.65. The molecule has 1 heterocycles. The van der Waals surface area contributed by atoms with E-state index in [2.05, 4.69) is 48.6 Å². The molecule has 2 aromatic rings. The van der Waals surface area contributed by atoms with Gasteiger partial charge in [-0.2, -0.15) is 0 Å².